The first-order valence-corrected chi connectivity index (χ1v) is 7.02. The molecule has 24 heavy (non-hydrogen) atoms. The van der Waals surface area contributed by atoms with Crippen LogP contribution < -0.4 is 11.2 Å². The highest BCUT2D eigenvalue weighted by Gasteiger charge is 2.14. The number of hydrogen-bond acceptors (Lipinski definition) is 6. The number of aromatic nitrogens is 5. The van der Waals surface area contributed by atoms with Gasteiger partial charge in [0.25, 0.3) is 5.56 Å². The maximum Gasteiger partial charge on any atom is 0.335 e. The van der Waals surface area contributed by atoms with Crippen LogP contribution in [0.3, 0.4) is 0 Å². The Morgan fingerprint density at radius 1 is 1.25 bits per heavy atom. The molecule has 0 fully saturated rings. The van der Waals surface area contributed by atoms with Gasteiger partial charge in [-0.3, -0.25) is 9.78 Å². The molecule has 0 atom stereocenters. The van der Waals surface area contributed by atoms with Crippen molar-refractivity contribution in [1.82, 2.24) is 24.7 Å². The Bertz CT molecular complexity index is 1030. The van der Waals surface area contributed by atoms with Crippen LogP contribution >= 0.6 is 0 Å². The fourth-order valence-electron chi connectivity index (χ4n) is 2.15. The number of H-pyrrole nitrogens is 2. The molecule has 0 aliphatic carbocycles. The van der Waals surface area contributed by atoms with Crippen LogP contribution in [0.2, 0.25) is 0 Å². The van der Waals surface area contributed by atoms with Crippen molar-refractivity contribution in [2.45, 2.75) is 13.8 Å². The summed E-state index contributed by atoms with van der Waals surface area (Å²) in [5, 5.41) is 16.5. The number of nitrogens with one attached hydrogen (secondary N) is 2. The molecule has 3 N–H and O–H groups in total. The molecular formula is C15H14N6O3. The van der Waals surface area contributed by atoms with Crippen molar-refractivity contribution < 1.29 is 5.11 Å². The molecule has 9 nitrogen and oxygen atoms in total. The van der Waals surface area contributed by atoms with Crippen molar-refractivity contribution in [3.8, 4) is 11.6 Å². The van der Waals surface area contributed by atoms with Crippen molar-refractivity contribution in [3.05, 3.63) is 62.1 Å². The van der Waals surface area contributed by atoms with E-state index in [1.165, 1.54) is 6.33 Å². The molecule has 3 aromatic rings. The normalized spacial score (nSPS) is 11.2. The second-order valence-corrected chi connectivity index (χ2v) is 5.17. The zero-order valence-electron chi connectivity index (χ0n) is 12.9. The van der Waals surface area contributed by atoms with Gasteiger partial charge in [-0.15, -0.1) is 0 Å². The van der Waals surface area contributed by atoms with Crippen LogP contribution in [0, 0.1) is 13.8 Å². The van der Waals surface area contributed by atoms with E-state index in [2.05, 4.69) is 25.2 Å². The van der Waals surface area contributed by atoms with E-state index in [-0.39, 0.29) is 11.5 Å². The molecule has 0 unspecified atom stereocenters. The van der Waals surface area contributed by atoms with Crippen LogP contribution in [0.4, 0.5) is 5.95 Å². The molecule has 122 valence electrons. The minimum atomic E-state index is -0.749. The number of aromatic amines is 2. The molecule has 0 amide bonds. The molecule has 0 radical (unpaired) electrons. The fourth-order valence-corrected chi connectivity index (χ4v) is 2.15. The second-order valence-electron chi connectivity index (χ2n) is 5.17. The lowest BCUT2D eigenvalue weighted by atomic mass is 10.1. The lowest BCUT2D eigenvalue weighted by molar-refractivity contribution is 0.430. The third kappa shape index (κ3) is 2.74. The Morgan fingerprint density at radius 3 is 2.71 bits per heavy atom. The largest absolute Gasteiger partial charge is 0.493 e. The van der Waals surface area contributed by atoms with Crippen LogP contribution in [0.15, 0.2) is 39.1 Å². The minimum Gasteiger partial charge on any atom is -0.493 e. The standard InChI is InChI=1S/C15H14N6O3/c1-8-3-4-10(5-9(8)2)21-13(23)11(12(22)19-15(21)24)6-16-14-17-7-18-20-14/h3-7,23H,1-2H3,(H,17,18,20)(H,19,22,24). The molecule has 0 bridgehead atoms. The lowest BCUT2D eigenvalue weighted by Gasteiger charge is -2.11. The van der Waals surface area contributed by atoms with Crippen molar-refractivity contribution in [2.24, 2.45) is 4.99 Å². The summed E-state index contributed by atoms with van der Waals surface area (Å²) in [5.41, 5.74) is 0.776. The third-order valence-corrected chi connectivity index (χ3v) is 3.59. The number of rotatable bonds is 3. The van der Waals surface area contributed by atoms with E-state index in [9.17, 15) is 14.7 Å². The van der Waals surface area contributed by atoms with Crippen molar-refractivity contribution in [2.75, 3.05) is 0 Å². The molecule has 3 rings (SSSR count). The van der Waals surface area contributed by atoms with Gasteiger partial charge in [-0.1, -0.05) is 6.07 Å². The van der Waals surface area contributed by atoms with Gasteiger partial charge < -0.3 is 5.11 Å². The third-order valence-electron chi connectivity index (χ3n) is 3.59. The Kier molecular flexibility index (Phi) is 3.82. The van der Waals surface area contributed by atoms with Gasteiger partial charge in [0.15, 0.2) is 0 Å². The first-order valence-electron chi connectivity index (χ1n) is 7.02. The van der Waals surface area contributed by atoms with E-state index in [0.717, 1.165) is 21.9 Å². The number of aliphatic imine (C=N–C) groups is 1. The Hall–Kier alpha value is -3.49. The molecular weight excluding hydrogens is 312 g/mol. The fraction of sp³-hybridized carbons (Fsp3) is 0.133. The van der Waals surface area contributed by atoms with Crippen LogP contribution in [-0.2, 0) is 0 Å². The summed E-state index contributed by atoms with van der Waals surface area (Å²) in [7, 11) is 0. The SMILES string of the molecule is Cc1ccc(-n2c(O)c(C=Nc3ncn[nH]3)c(=O)[nH]c2=O)cc1C. The van der Waals surface area contributed by atoms with Gasteiger partial charge >= 0.3 is 5.69 Å². The molecule has 0 saturated carbocycles. The average molecular weight is 326 g/mol. The van der Waals surface area contributed by atoms with Crippen LogP contribution in [0.5, 0.6) is 5.88 Å². The van der Waals surface area contributed by atoms with Crippen molar-refractivity contribution in [1.29, 1.82) is 0 Å². The summed E-state index contributed by atoms with van der Waals surface area (Å²) in [6.07, 6.45) is 2.37. The van der Waals surface area contributed by atoms with Crippen LogP contribution in [0.1, 0.15) is 16.7 Å². The Labute approximate surface area is 135 Å². The average Bonchev–Trinajstić information content (AvgIpc) is 3.03. The Balaban J connectivity index is 2.17. The summed E-state index contributed by atoms with van der Waals surface area (Å²) in [5.74, 6) is -0.340. The van der Waals surface area contributed by atoms with Crippen molar-refractivity contribution >= 4 is 12.2 Å². The molecule has 0 spiro atoms. The summed E-state index contributed by atoms with van der Waals surface area (Å²) < 4.78 is 1.01. The van der Waals surface area contributed by atoms with Gasteiger partial charge in [-0.05, 0) is 37.1 Å². The number of aryl methyl sites for hydroxylation is 2. The van der Waals surface area contributed by atoms with Gasteiger partial charge in [-0.2, -0.15) is 10.1 Å². The smallest absolute Gasteiger partial charge is 0.335 e. The number of nitrogens with zero attached hydrogens (tertiary/aromatic N) is 4. The summed E-state index contributed by atoms with van der Waals surface area (Å²) in [6, 6.07) is 5.25. The molecule has 0 aliphatic rings. The molecule has 0 saturated heterocycles. The molecule has 2 aromatic heterocycles. The number of hydrogen-bond donors (Lipinski definition) is 3. The molecule has 9 heteroatoms. The van der Waals surface area contributed by atoms with Gasteiger partial charge in [0.1, 0.15) is 11.9 Å². The first-order chi connectivity index (χ1) is 11.5. The van der Waals surface area contributed by atoms with Gasteiger partial charge in [-0.25, -0.2) is 19.5 Å². The first kappa shape index (κ1) is 15.4. The van der Waals surface area contributed by atoms with Crippen LogP contribution in [0.25, 0.3) is 5.69 Å². The van der Waals surface area contributed by atoms with E-state index in [0.29, 0.717) is 5.69 Å². The predicted molar refractivity (Wildman–Crippen MR) is 87.4 cm³/mol. The van der Waals surface area contributed by atoms with E-state index < -0.39 is 17.1 Å². The molecule has 1 aromatic carbocycles. The second kappa shape index (κ2) is 5.95. The molecule has 2 heterocycles. The monoisotopic (exact) mass is 326 g/mol. The van der Waals surface area contributed by atoms with Crippen LogP contribution in [-0.4, -0.2) is 36.1 Å². The summed E-state index contributed by atoms with van der Waals surface area (Å²) in [6.45, 7) is 3.82. The quantitative estimate of drug-likeness (QED) is 0.611. The highest BCUT2D eigenvalue weighted by molar-refractivity contribution is 5.83. The maximum atomic E-state index is 12.1. The highest BCUT2D eigenvalue weighted by Crippen LogP contribution is 2.18. The van der Waals surface area contributed by atoms with Gasteiger partial charge in [0.2, 0.25) is 11.8 Å². The van der Waals surface area contributed by atoms with E-state index >= 15 is 0 Å². The van der Waals surface area contributed by atoms with Crippen molar-refractivity contribution in [3.63, 3.8) is 0 Å². The summed E-state index contributed by atoms with van der Waals surface area (Å²) >= 11 is 0. The number of benzene rings is 1. The minimum absolute atomic E-state index is 0.163. The zero-order chi connectivity index (χ0) is 17.3. The highest BCUT2D eigenvalue weighted by atomic mass is 16.3. The zero-order valence-corrected chi connectivity index (χ0v) is 12.9. The molecule has 0 aliphatic heterocycles. The van der Waals surface area contributed by atoms with E-state index in [1.807, 2.05) is 19.9 Å². The topological polar surface area (TPSA) is 129 Å². The lowest BCUT2D eigenvalue weighted by Crippen LogP contribution is -2.31. The van der Waals surface area contributed by atoms with E-state index in [4.69, 9.17) is 0 Å². The predicted octanol–water partition coefficient (Wildman–Crippen LogP) is 0.717. The van der Waals surface area contributed by atoms with E-state index in [1.54, 1.807) is 12.1 Å². The van der Waals surface area contributed by atoms with Gasteiger partial charge in [0.05, 0.1) is 5.69 Å². The van der Waals surface area contributed by atoms with Gasteiger partial charge in [0, 0.05) is 6.21 Å². The summed E-state index contributed by atoms with van der Waals surface area (Å²) in [4.78, 5) is 33.9. The number of aromatic hydroxyl groups is 1. The Morgan fingerprint density at radius 2 is 2.04 bits per heavy atom. The maximum absolute atomic E-state index is 12.1.